The minimum Gasteiger partial charge on any atom is -0.480 e. The Labute approximate surface area is 232 Å². The van der Waals surface area contributed by atoms with Gasteiger partial charge in [-0.25, -0.2) is 4.79 Å². The zero-order chi connectivity index (χ0) is 29.1. The Morgan fingerprint density at radius 1 is 0.854 bits per heavy atom. The van der Waals surface area contributed by atoms with Crippen LogP contribution in [0.3, 0.4) is 0 Å². The van der Waals surface area contributed by atoms with Crippen LogP contribution < -0.4 is 10.9 Å². The molecule has 0 bridgehead atoms. The number of anilines is 1. The predicted molar refractivity (Wildman–Crippen MR) is 150 cm³/mol. The van der Waals surface area contributed by atoms with Gasteiger partial charge in [0.2, 0.25) is 0 Å². The average molecular weight is 557 g/mol. The van der Waals surface area contributed by atoms with Gasteiger partial charge < -0.3 is 10.4 Å². The van der Waals surface area contributed by atoms with Gasteiger partial charge in [-0.15, -0.1) is 0 Å². The van der Waals surface area contributed by atoms with Gasteiger partial charge in [0.25, 0.3) is 11.5 Å². The minimum absolute atomic E-state index is 0.00135. The molecule has 5 aromatic rings. The Hall–Kier alpha value is -5.18. The van der Waals surface area contributed by atoms with Crippen molar-refractivity contribution in [3.05, 3.63) is 136 Å². The second-order valence-corrected chi connectivity index (χ2v) is 9.45. The summed E-state index contributed by atoms with van der Waals surface area (Å²) in [5.41, 5.74) is -0.123. The number of benzene rings is 4. The van der Waals surface area contributed by atoms with E-state index in [4.69, 9.17) is 0 Å². The molecule has 0 spiro atoms. The first-order valence-electron chi connectivity index (χ1n) is 12.6. The lowest BCUT2D eigenvalue weighted by Gasteiger charge is -2.19. The highest BCUT2D eigenvalue weighted by atomic mass is 19.4. The number of nitrogens with one attached hydrogen (secondary N) is 1. The van der Waals surface area contributed by atoms with Crippen LogP contribution in [0.5, 0.6) is 0 Å². The first kappa shape index (κ1) is 27.4. The van der Waals surface area contributed by atoms with Gasteiger partial charge in [0.15, 0.2) is 0 Å². The van der Waals surface area contributed by atoms with Crippen molar-refractivity contribution in [2.45, 2.75) is 18.6 Å². The van der Waals surface area contributed by atoms with E-state index >= 15 is 0 Å². The maximum absolute atomic E-state index is 13.6. The van der Waals surface area contributed by atoms with Gasteiger partial charge in [0, 0.05) is 23.7 Å². The number of hydrogen-bond acceptors (Lipinski definition) is 3. The van der Waals surface area contributed by atoms with E-state index < -0.39 is 35.2 Å². The van der Waals surface area contributed by atoms with Gasteiger partial charge in [0.1, 0.15) is 11.7 Å². The van der Waals surface area contributed by atoms with Crippen molar-refractivity contribution >= 4 is 28.3 Å². The lowest BCUT2D eigenvalue weighted by molar-refractivity contribution is -0.141. The van der Waals surface area contributed by atoms with Crippen LogP contribution in [-0.2, 0) is 17.4 Å². The van der Waals surface area contributed by atoms with Crippen LogP contribution >= 0.6 is 0 Å². The molecule has 206 valence electrons. The number of alkyl halides is 3. The Bertz CT molecular complexity index is 1790. The number of rotatable bonds is 7. The van der Waals surface area contributed by atoms with E-state index in [2.05, 4.69) is 5.32 Å². The quantitative estimate of drug-likeness (QED) is 0.231. The number of pyridine rings is 1. The molecule has 4 aromatic carbocycles. The van der Waals surface area contributed by atoms with Crippen LogP contribution in [0.4, 0.5) is 18.9 Å². The highest BCUT2D eigenvalue weighted by Gasteiger charge is 2.30. The predicted octanol–water partition coefficient (Wildman–Crippen LogP) is 6.81. The van der Waals surface area contributed by atoms with Crippen LogP contribution in [0.2, 0.25) is 0 Å². The van der Waals surface area contributed by atoms with E-state index in [1.807, 2.05) is 42.5 Å². The standard InChI is InChI=1S/C32H23F3N2O4/c33-32(34,35)24-15-13-22(14-16-24)29(38)36-27-18-23(26-12-6-10-21-9-4-5-11-25(21)26)19-37(30(27)39)28(31(40)41)17-20-7-2-1-3-8-20/h1-16,18-19,28H,17H2,(H,36,38)(H,40,41)/t28-/m0/s1. The molecule has 0 fully saturated rings. The van der Waals surface area contributed by atoms with E-state index in [1.165, 1.54) is 12.3 Å². The lowest BCUT2D eigenvalue weighted by atomic mass is 9.98. The SMILES string of the molecule is O=C(Nc1cc(-c2cccc3ccccc23)cn([C@@H](Cc2ccccc2)C(=O)O)c1=O)c1ccc(C(F)(F)F)cc1. The Morgan fingerprint density at radius 3 is 2.20 bits per heavy atom. The molecule has 1 atom stereocenters. The zero-order valence-electron chi connectivity index (χ0n) is 21.4. The molecule has 0 unspecified atom stereocenters. The Morgan fingerprint density at radius 2 is 1.51 bits per heavy atom. The summed E-state index contributed by atoms with van der Waals surface area (Å²) in [4.78, 5) is 39.1. The molecule has 6 nitrogen and oxygen atoms in total. The molecule has 0 saturated carbocycles. The number of aliphatic carboxylic acids is 1. The van der Waals surface area contributed by atoms with E-state index in [0.29, 0.717) is 16.7 Å². The molecule has 1 amide bonds. The maximum Gasteiger partial charge on any atom is 0.416 e. The molecule has 2 N–H and O–H groups in total. The monoisotopic (exact) mass is 556 g/mol. The number of carboxylic acid groups (broad SMARTS) is 1. The van der Waals surface area contributed by atoms with E-state index in [1.54, 1.807) is 30.3 Å². The van der Waals surface area contributed by atoms with Crippen molar-refractivity contribution < 1.29 is 27.9 Å². The summed E-state index contributed by atoms with van der Waals surface area (Å²) < 4.78 is 40.0. The first-order chi connectivity index (χ1) is 19.6. The van der Waals surface area contributed by atoms with Gasteiger partial charge >= 0.3 is 12.1 Å². The number of hydrogen-bond donors (Lipinski definition) is 2. The van der Waals surface area contributed by atoms with E-state index in [-0.39, 0.29) is 17.7 Å². The molecular weight excluding hydrogens is 533 g/mol. The molecule has 1 aromatic heterocycles. The van der Waals surface area contributed by atoms with Gasteiger partial charge in [-0.1, -0.05) is 72.8 Å². The van der Waals surface area contributed by atoms with E-state index in [0.717, 1.165) is 39.6 Å². The number of carbonyl (C=O) groups excluding carboxylic acids is 1. The second-order valence-electron chi connectivity index (χ2n) is 9.45. The smallest absolute Gasteiger partial charge is 0.416 e. The summed E-state index contributed by atoms with van der Waals surface area (Å²) in [6.07, 6.45) is -3.11. The second kappa shape index (κ2) is 11.1. The van der Waals surface area contributed by atoms with Crippen molar-refractivity contribution in [1.29, 1.82) is 0 Å². The summed E-state index contributed by atoms with van der Waals surface area (Å²) in [7, 11) is 0. The summed E-state index contributed by atoms with van der Waals surface area (Å²) >= 11 is 0. The first-order valence-corrected chi connectivity index (χ1v) is 12.6. The van der Waals surface area contributed by atoms with Crippen LogP contribution in [0.1, 0.15) is 27.5 Å². The summed E-state index contributed by atoms with van der Waals surface area (Å²) in [5, 5.41) is 14.4. The van der Waals surface area contributed by atoms with Crippen LogP contribution in [0, 0.1) is 0 Å². The molecule has 0 radical (unpaired) electrons. The third kappa shape index (κ3) is 5.89. The number of amides is 1. The molecule has 1 heterocycles. The number of nitrogens with zero attached hydrogens (tertiary/aromatic N) is 1. The highest BCUT2D eigenvalue weighted by Crippen LogP contribution is 2.31. The largest absolute Gasteiger partial charge is 0.480 e. The molecule has 0 aliphatic carbocycles. The van der Waals surface area contributed by atoms with Crippen molar-refractivity contribution in [2.24, 2.45) is 0 Å². The molecule has 0 aliphatic heterocycles. The average Bonchev–Trinajstić information content (AvgIpc) is 2.97. The van der Waals surface area contributed by atoms with Crippen molar-refractivity contribution in [2.75, 3.05) is 5.32 Å². The fraction of sp³-hybridized carbons (Fsp3) is 0.0938. The van der Waals surface area contributed by atoms with Crippen molar-refractivity contribution in [1.82, 2.24) is 4.57 Å². The van der Waals surface area contributed by atoms with Gasteiger partial charge in [-0.2, -0.15) is 13.2 Å². The molecule has 41 heavy (non-hydrogen) atoms. The number of aromatic nitrogens is 1. The Balaban J connectivity index is 1.63. The minimum atomic E-state index is -4.57. The van der Waals surface area contributed by atoms with Gasteiger partial charge in [0.05, 0.1) is 5.56 Å². The maximum atomic E-state index is 13.6. The third-order valence-electron chi connectivity index (χ3n) is 6.76. The van der Waals surface area contributed by atoms with Crippen LogP contribution in [0.25, 0.3) is 21.9 Å². The van der Waals surface area contributed by atoms with Gasteiger partial charge in [-0.3, -0.25) is 14.2 Å². The molecular formula is C32H23F3N2O4. The fourth-order valence-corrected chi connectivity index (χ4v) is 4.69. The van der Waals surface area contributed by atoms with Crippen LogP contribution in [0.15, 0.2) is 114 Å². The van der Waals surface area contributed by atoms with Crippen LogP contribution in [-0.4, -0.2) is 21.6 Å². The summed E-state index contributed by atoms with van der Waals surface area (Å²) in [6.45, 7) is 0. The normalized spacial score (nSPS) is 12.2. The van der Waals surface area contributed by atoms with Gasteiger partial charge in [-0.05, 0) is 52.2 Å². The topological polar surface area (TPSA) is 88.4 Å². The summed E-state index contributed by atoms with van der Waals surface area (Å²) in [5.74, 6) is -2.06. The molecule has 5 rings (SSSR count). The number of halogens is 3. The van der Waals surface area contributed by atoms with E-state index in [9.17, 15) is 32.7 Å². The lowest BCUT2D eigenvalue weighted by Crippen LogP contribution is -2.33. The molecule has 0 aliphatic rings. The zero-order valence-corrected chi connectivity index (χ0v) is 21.4. The third-order valence-corrected chi connectivity index (χ3v) is 6.76. The van der Waals surface area contributed by atoms with Crippen molar-refractivity contribution in [3.8, 4) is 11.1 Å². The number of carbonyl (C=O) groups is 2. The number of fused-ring (bicyclic) bond motifs is 1. The molecule has 0 saturated heterocycles. The van der Waals surface area contributed by atoms with Crippen molar-refractivity contribution in [3.63, 3.8) is 0 Å². The summed E-state index contributed by atoms with van der Waals surface area (Å²) in [6, 6.07) is 25.6. The highest BCUT2D eigenvalue weighted by molar-refractivity contribution is 6.05. The molecule has 9 heteroatoms. The fourth-order valence-electron chi connectivity index (χ4n) is 4.69. The Kier molecular flexibility index (Phi) is 7.43. The number of carboxylic acids is 1.